The maximum absolute atomic E-state index is 5.34. The molecule has 2 atom stereocenters. The first-order valence-electron chi connectivity index (χ1n) is 5.87. The van der Waals surface area contributed by atoms with E-state index in [1.807, 2.05) is 6.20 Å². The Bertz CT molecular complexity index is 328. The van der Waals surface area contributed by atoms with Crippen molar-refractivity contribution in [2.45, 2.75) is 51.7 Å². The first-order chi connectivity index (χ1) is 7.70. The predicted molar refractivity (Wildman–Crippen MR) is 68.2 cm³/mol. The lowest BCUT2D eigenvalue weighted by Crippen LogP contribution is -2.42. The van der Waals surface area contributed by atoms with Crippen LogP contribution in [0.15, 0.2) is 6.20 Å². The summed E-state index contributed by atoms with van der Waals surface area (Å²) < 4.78 is 0. The van der Waals surface area contributed by atoms with Crippen LogP contribution in [-0.4, -0.2) is 22.0 Å². The van der Waals surface area contributed by atoms with Gasteiger partial charge >= 0.3 is 0 Å². The smallest absolute Gasteiger partial charge is 0.197 e. The summed E-state index contributed by atoms with van der Waals surface area (Å²) in [4.78, 5) is 8.06. The van der Waals surface area contributed by atoms with E-state index in [0.717, 1.165) is 11.7 Å². The van der Waals surface area contributed by atoms with E-state index in [0.29, 0.717) is 12.1 Å². The molecule has 1 fully saturated rings. The Kier molecular flexibility index (Phi) is 3.78. The fourth-order valence-corrected chi connectivity index (χ4v) is 3.15. The van der Waals surface area contributed by atoms with Crippen molar-refractivity contribution in [2.75, 3.05) is 5.43 Å². The molecule has 4 nitrogen and oxygen atoms in total. The molecular weight excluding hydrogens is 220 g/mol. The Morgan fingerprint density at radius 3 is 2.75 bits per heavy atom. The molecule has 5 heteroatoms. The molecule has 0 amide bonds. The van der Waals surface area contributed by atoms with Gasteiger partial charge in [0.15, 0.2) is 5.13 Å². The van der Waals surface area contributed by atoms with Crippen LogP contribution in [0.1, 0.15) is 38.0 Å². The zero-order valence-electron chi connectivity index (χ0n) is 9.94. The molecule has 1 saturated heterocycles. The van der Waals surface area contributed by atoms with Crippen LogP contribution < -0.4 is 11.3 Å². The normalized spacial score (nSPS) is 26.9. The molecule has 3 N–H and O–H groups in total. The van der Waals surface area contributed by atoms with E-state index >= 15 is 0 Å². The Hall–Kier alpha value is -0.650. The zero-order chi connectivity index (χ0) is 11.5. The lowest BCUT2D eigenvalue weighted by molar-refractivity contribution is 0.0964. The molecule has 1 aliphatic heterocycles. The molecule has 2 unspecified atom stereocenters. The van der Waals surface area contributed by atoms with Crippen molar-refractivity contribution in [2.24, 2.45) is 5.84 Å². The van der Waals surface area contributed by atoms with Crippen LogP contribution in [0.25, 0.3) is 0 Å². The van der Waals surface area contributed by atoms with Crippen molar-refractivity contribution in [1.82, 2.24) is 9.88 Å². The van der Waals surface area contributed by atoms with Crippen molar-refractivity contribution in [3.63, 3.8) is 0 Å². The van der Waals surface area contributed by atoms with Gasteiger partial charge in [0.1, 0.15) is 0 Å². The van der Waals surface area contributed by atoms with Crippen LogP contribution in [-0.2, 0) is 6.54 Å². The second kappa shape index (κ2) is 5.12. The number of rotatable bonds is 3. The third-order valence-corrected chi connectivity index (χ3v) is 4.30. The number of nitrogens with one attached hydrogen (secondary N) is 1. The number of anilines is 1. The Morgan fingerprint density at radius 2 is 2.19 bits per heavy atom. The molecule has 1 aromatic rings. The molecule has 2 heterocycles. The topological polar surface area (TPSA) is 54.2 Å². The Balaban J connectivity index is 2.01. The molecule has 1 aliphatic rings. The fraction of sp³-hybridized carbons (Fsp3) is 0.727. The monoisotopic (exact) mass is 240 g/mol. The average Bonchev–Trinajstić information content (AvgIpc) is 2.71. The van der Waals surface area contributed by atoms with Crippen molar-refractivity contribution in [3.8, 4) is 0 Å². The third kappa shape index (κ3) is 2.53. The largest absolute Gasteiger partial charge is 0.300 e. The quantitative estimate of drug-likeness (QED) is 0.628. The van der Waals surface area contributed by atoms with Gasteiger partial charge in [-0.05, 0) is 26.7 Å². The van der Waals surface area contributed by atoms with E-state index < -0.39 is 0 Å². The maximum Gasteiger partial charge on any atom is 0.197 e. The molecule has 0 radical (unpaired) electrons. The Morgan fingerprint density at radius 1 is 1.50 bits per heavy atom. The number of nitrogen functional groups attached to an aromatic ring is 1. The van der Waals surface area contributed by atoms with Crippen LogP contribution in [0.2, 0.25) is 0 Å². The van der Waals surface area contributed by atoms with Gasteiger partial charge in [-0.2, -0.15) is 0 Å². The van der Waals surface area contributed by atoms with Gasteiger partial charge in [-0.3, -0.25) is 10.3 Å². The summed E-state index contributed by atoms with van der Waals surface area (Å²) in [7, 11) is 0. The van der Waals surface area contributed by atoms with Crippen LogP contribution in [0.5, 0.6) is 0 Å². The van der Waals surface area contributed by atoms with Gasteiger partial charge in [-0.25, -0.2) is 10.8 Å². The fourth-order valence-electron chi connectivity index (χ4n) is 2.41. The van der Waals surface area contributed by atoms with Crippen molar-refractivity contribution >= 4 is 16.5 Å². The number of piperidine rings is 1. The van der Waals surface area contributed by atoms with Crippen LogP contribution in [0, 0.1) is 0 Å². The van der Waals surface area contributed by atoms with Gasteiger partial charge < -0.3 is 0 Å². The molecule has 0 spiro atoms. The van der Waals surface area contributed by atoms with Crippen LogP contribution >= 0.6 is 11.3 Å². The van der Waals surface area contributed by atoms with Crippen molar-refractivity contribution in [3.05, 3.63) is 11.1 Å². The third-order valence-electron chi connectivity index (χ3n) is 3.39. The molecule has 0 aromatic carbocycles. The molecule has 2 rings (SSSR count). The standard InChI is InChI=1S/C11H20N4S/c1-8-4-3-5-9(2)15(8)7-10-6-13-11(14-12)16-10/h6,8-9H,3-5,7,12H2,1-2H3,(H,13,14). The average molecular weight is 240 g/mol. The summed E-state index contributed by atoms with van der Waals surface area (Å²) in [6.45, 7) is 5.64. The molecular formula is C11H20N4S. The van der Waals surface area contributed by atoms with E-state index in [1.54, 1.807) is 11.3 Å². The van der Waals surface area contributed by atoms with Crippen molar-refractivity contribution < 1.29 is 0 Å². The van der Waals surface area contributed by atoms with Crippen molar-refractivity contribution in [1.29, 1.82) is 0 Å². The predicted octanol–water partition coefficient (Wildman–Crippen LogP) is 2.19. The minimum atomic E-state index is 0.681. The van der Waals surface area contributed by atoms with E-state index in [1.165, 1.54) is 24.1 Å². The molecule has 0 bridgehead atoms. The van der Waals surface area contributed by atoms with Crippen LogP contribution in [0.4, 0.5) is 5.13 Å². The van der Waals surface area contributed by atoms with E-state index in [4.69, 9.17) is 5.84 Å². The van der Waals surface area contributed by atoms with Gasteiger partial charge in [0.05, 0.1) is 0 Å². The summed E-state index contributed by atoms with van der Waals surface area (Å²) in [5.74, 6) is 5.34. The van der Waals surface area contributed by atoms with Gasteiger partial charge in [0.25, 0.3) is 0 Å². The van der Waals surface area contributed by atoms with E-state index in [2.05, 4.69) is 29.2 Å². The highest BCUT2D eigenvalue weighted by molar-refractivity contribution is 7.15. The molecule has 1 aromatic heterocycles. The first kappa shape index (κ1) is 11.8. The number of hydrazine groups is 1. The molecule has 16 heavy (non-hydrogen) atoms. The number of aromatic nitrogens is 1. The summed E-state index contributed by atoms with van der Waals surface area (Å²) in [6.07, 6.45) is 5.90. The number of hydrogen-bond donors (Lipinski definition) is 2. The number of nitrogens with two attached hydrogens (primary N) is 1. The second-order valence-corrected chi connectivity index (χ2v) is 5.69. The minimum Gasteiger partial charge on any atom is -0.300 e. The highest BCUT2D eigenvalue weighted by Crippen LogP contribution is 2.27. The Labute approximate surface area is 101 Å². The molecule has 90 valence electrons. The summed E-state index contributed by atoms with van der Waals surface area (Å²) in [6, 6.07) is 1.36. The number of nitrogens with zero attached hydrogens (tertiary/aromatic N) is 2. The van der Waals surface area contributed by atoms with Gasteiger partial charge in [-0.1, -0.05) is 17.8 Å². The highest BCUT2D eigenvalue weighted by atomic mass is 32.1. The summed E-state index contributed by atoms with van der Waals surface area (Å²) in [5.41, 5.74) is 2.60. The van der Waals surface area contributed by atoms with E-state index in [9.17, 15) is 0 Å². The summed E-state index contributed by atoms with van der Waals surface area (Å²) in [5, 5.41) is 0.798. The van der Waals surface area contributed by atoms with E-state index in [-0.39, 0.29) is 0 Å². The highest BCUT2D eigenvalue weighted by Gasteiger charge is 2.24. The lowest BCUT2D eigenvalue weighted by atomic mass is 9.97. The first-order valence-corrected chi connectivity index (χ1v) is 6.69. The van der Waals surface area contributed by atoms with Gasteiger partial charge in [0.2, 0.25) is 0 Å². The van der Waals surface area contributed by atoms with Gasteiger partial charge in [-0.15, -0.1) is 0 Å². The summed E-state index contributed by atoms with van der Waals surface area (Å²) >= 11 is 1.64. The molecule has 0 aliphatic carbocycles. The minimum absolute atomic E-state index is 0.681. The lowest BCUT2D eigenvalue weighted by Gasteiger charge is -2.38. The zero-order valence-corrected chi connectivity index (χ0v) is 10.8. The maximum atomic E-state index is 5.34. The van der Waals surface area contributed by atoms with Gasteiger partial charge in [0, 0.05) is 29.7 Å². The number of thiazole rings is 1. The van der Waals surface area contributed by atoms with Crippen LogP contribution in [0.3, 0.4) is 0 Å². The second-order valence-electron chi connectivity index (χ2n) is 4.58. The SMILES string of the molecule is CC1CCCC(C)N1Cc1cnc(NN)s1. The molecule has 0 saturated carbocycles. The number of hydrogen-bond acceptors (Lipinski definition) is 5. The number of likely N-dealkylation sites (tertiary alicyclic amines) is 1.